The van der Waals surface area contributed by atoms with Crippen molar-refractivity contribution in [2.24, 2.45) is 0 Å². The van der Waals surface area contributed by atoms with Gasteiger partial charge >= 0.3 is 0 Å². The van der Waals surface area contributed by atoms with Crippen LogP contribution in [0.3, 0.4) is 0 Å². The molecule has 0 fully saturated rings. The average Bonchev–Trinajstić information content (AvgIpc) is 2.99. The van der Waals surface area contributed by atoms with Gasteiger partial charge in [-0.2, -0.15) is 0 Å². The lowest BCUT2D eigenvalue weighted by Gasteiger charge is -2.02. The molecule has 0 spiro atoms. The molecule has 2 amide bonds. The number of hydrogen-bond donors (Lipinski definition) is 2. The first-order chi connectivity index (χ1) is 11.0. The van der Waals surface area contributed by atoms with Crippen LogP contribution in [0.5, 0.6) is 0 Å². The lowest BCUT2D eigenvalue weighted by molar-refractivity contribution is -0.119. The standard InChI is InChI=1S/C17H17BrN2O2S/c1-12(21)19-10-11-20-17(22)9-7-15-6-8-16(23-15)13-2-4-14(18)5-3-13/h2-9H,10-11H2,1H3,(H,19,21)(H,20,22)/b9-7+. The van der Waals surface area contributed by atoms with Crippen molar-refractivity contribution in [1.29, 1.82) is 0 Å². The van der Waals surface area contributed by atoms with Gasteiger partial charge in [-0.05, 0) is 35.9 Å². The van der Waals surface area contributed by atoms with Crippen LogP contribution in [0.25, 0.3) is 16.5 Å². The summed E-state index contributed by atoms with van der Waals surface area (Å²) >= 11 is 5.05. The summed E-state index contributed by atoms with van der Waals surface area (Å²) in [6.45, 7) is 2.29. The normalized spacial score (nSPS) is 10.7. The third kappa shape index (κ3) is 6.00. The third-order valence-electron chi connectivity index (χ3n) is 2.95. The molecule has 2 N–H and O–H groups in total. The van der Waals surface area contributed by atoms with Gasteiger partial charge in [-0.1, -0.05) is 28.1 Å². The van der Waals surface area contributed by atoms with Crippen LogP contribution in [0.2, 0.25) is 0 Å². The van der Waals surface area contributed by atoms with Crippen LogP contribution in [0, 0.1) is 0 Å². The van der Waals surface area contributed by atoms with Gasteiger partial charge in [0.1, 0.15) is 0 Å². The fourth-order valence-corrected chi connectivity index (χ4v) is 3.03. The number of amides is 2. The van der Waals surface area contributed by atoms with Crippen molar-refractivity contribution >= 4 is 45.2 Å². The lowest BCUT2D eigenvalue weighted by Crippen LogP contribution is -2.32. The molecule has 2 rings (SSSR count). The van der Waals surface area contributed by atoms with Crippen LogP contribution in [-0.4, -0.2) is 24.9 Å². The Hall–Kier alpha value is -1.92. The van der Waals surface area contributed by atoms with Gasteiger partial charge in [0.2, 0.25) is 11.8 Å². The van der Waals surface area contributed by atoms with Crippen LogP contribution < -0.4 is 10.6 Å². The van der Waals surface area contributed by atoms with Gasteiger partial charge in [0.15, 0.2) is 0 Å². The average molecular weight is 393 g/mol. The van der Waals surface area contributed by atoms with Gasteiger partial charge in [0.25, 0.3) is 0 Å². The predicted molar refractivity (Wildman–Crippen MR) is 98.2 cm³/mol. The van der Waals surface area contributed by atoms with E-state index in [0.29, 0.717) is 13.1 Å². The molecule has 23 heavy (non-hydrogen) atoms. The Kier molecular flexibility index (Phi) is 6.55. The van der Waals surface area contributed by atoms with Gasteiger partial charge in [-0.25, -0.2) is 0 Å². The maximum atomic E-state index is 11.7. The number of benzene rings is 1. The molecule has 2 aromatic rings. The molecule has 0 aliphatic heterocycles. The zero-order chi connectivity index (χ0) is 16.7. The van der Waals surface area contributed by atoms with Crippen molar-refractivity contribution in [3.8, 4) is 10.4 Å². The molecule has 120 valence electrons. The minimum Gasteiger partial charge on any atom is -0.355 e. The lowest BCUT2D eigenvalue weighted by atomic mass is 10.2. The van der Waals surface area contributed by atoms with Crippen LogP contribution >= 0.6 is 27.3 Å². The Bertz CT molecular complexity index is 708. The summed E-state index contributed by atoms with van der Waals surface area (Å²) in [5, 5.41) is 5.33. The summed E-state index contributed by atoms with van der Waals surface area (Å²) in [5.74, 6) is -0.275. The fraction of sp³-hybridized carbons (Fsp3) is 0.176. The zero-order valence-corrected chi connectivity index (χ0v) is 15.0. The van der Waals surface area contributed by atoms with Crippen molar-refractivity contribution in [2.45, 2.75) is 6.92 Å². The molecule has 0 unspecified atom stereocenters. The molecular formula is C17H17BrN2O2S. The maximum absolute atomic E-state index is 11.7. The van der Waals surface area contributed by atoms with Gasteiger partial charge < -0.3 is 10.6 Å². The number of halogens is 1. The first-order valence-corrected chi connectivity index (χ1v) is 8.71. The second kappa shape index (κ2) is 8.64. The first kappa shape index (κ1) is 17.4. The molecule has 0 saturated heterocycles. The second-order valence-electron chi connectivity index (χ2n) is 4.82. The van der Waals surface area contributed by atoms with E-state index in [1.807, 2.05) is 24.3 Å². The van der Waals surface area contributed by atoms with E-state index >= 15 is 0 Å². The number of carbonyl (C=O) groups is 2. The molecule has 4 nitrogen and oxygen atoms in total. The van der Waals surface area contributed by atoms with E-state index in [9.17, 15) is 9.59 Å². The fourth-order valence-electron chi connectivity index (χ4n) is 1.85. The Labute approximate surface area is 147 Å². The topological polar surface area (TPSA) is 58.2 Å². The van der Waals surface area contributed by atoms with Crippen LogP contribution in [0.15, 0.2) is 46.9 Å². The molecule has 1 heterocycles. The Balaban J connectivity index is 1.87. The van der Waals surface area contributed by atoms with E-state index in [0.717, 1.165) is 19.8 Å². The summed E-state index contributed by atoms with van der Waals surface area (Å²) in [6, 6.07) is 12.2. The first-order valence-electron chi connectivity index (χ1n) is 7.11. The molecule has 0 bridgehead atoms. The van der Waals surface area contributed by atoms with Gasteiger partial charge in [0.05, 0.1) is 0 Å². The van der Waals surface area contributed by atoms with Crippen molar-refractivity contribution in [3.63, 3.8) is 0 Å². The molecule has 1 aromatic heterocycles. The SMILES string of the molecule is CC(=O)NCCNC(=O)/C=C/c1ccc(-c2ccc(Br)cc2)s1. The number of rotatable bonds is 6. The van der Waals surface area contributed by atoms with E-state index in [1.165, 1.54) is 13.0 Å². The number of nitrogens with one attached hydrogen (secondary N) is 2. The van der Waals surface area contributed by atoms with Crippen LogP contribution in [0.4, 0.5) is 0 Å². The highest BCUT2D eigenvalue weighted by atomic mass is 79.9. The molecule has 0 aliphatic rings. The van der Waals surface area contributed by atoms with E-state index < -0.39 is 0 Å². The van der Waals surface area contributed by atoms with Crippen molar-refractivity contribution in [2.75, 3.05) is 13.1 Å². The largest absolute Gasteiger partial charge is 0.355 e. The van der Waals surface area contributed by atoms with Crippen LogP contribution in [-0.2, 0) is 9.59 Å². The molecular weight excluding hydrogens is 376 g/mol. The zero-order valence-electron chi connectivity index (χ0n) is 12.6. The third-order valence-corrected chi connectivity index (χ3v) is 4.58. The van der Waals surface area contributed by atoms with Gasteiger partial charge in [0, 0.05) is 40.3 Å². The summed E-state index contributed by atoms with van der Waals surface area (Å²) in [5.41, 5.74) is 1.15. The van der Waals surface area contributed by atoms with Crippen molar-refractivity contribution in [1.82, 2.24) is 10.6 Å². The molecule has 0 aliphatic carbocycles. The highest BCUT2D eigenvalue weighted by Gasteiger charge is 2.02. The summed E-state index contributed by atoms with van der Waals surface area (Å²) in [7, 11) is 0. The highest BCUT2D eigenvalue weighted by molar-refractivity contribution is 9.10. The van der Waals surface area contributed by atoms with Gasteiger partial charge in [-0.3, -0.25) is 9.59 Å². The van der Waals surface area contributed by atoms with Gasteiger partial charge in [-0.15, -0.1) is 11.3 Å². The molecule has 0 atom stereocenters. The maximum Gasteiger partial charge on any atom is 0.244 e. The highest BCUT2D eigenvalue weighted by Crippen LogP contribution is 2.29. The quantitative estimate of drug-likeness (QED) is 0.584. The van der Waals surface area contributed by atoms with E-state index in [-0.39, 0.29) is 11.8 Å². The molecule has 6 heteroatoms. The molecule has 1 aromatic carbocycles. The monoisotopic (exact) mass is 392 g/mol. The second-order valence-corrected chi connectivity index (χ2v) is 6.85. The Morgan fingerprint density at radius 1 is 1.09 bits per heavy atom. The molecule has 0 radical (unpaired) electrons. The summed E-state index contributed by atoms with van der Waals surface area (Å²) in [6.07, 6.45) is 3.30. The summed E-state index contributed by atoms with van der Waals surface area (Å²) in [4.78, 5) is 24.5. The van der Waals surface area contributed by atoms with E-state index in [2.05, 4.69) is 38.7 Å². The Morgan fingerprint density at radius 3 is 2.48 bits per heavy atom. The number of carbonyl (C=O) groups excluding carboxylic acids is 2. The van der Waals surface area contributed by atoms with E-state index in [1.54, 1.807) is 17.4 Å². The summed E-state index contributed by atoms with van der Waals surface area (Å²) < 4.78 is 1.05. The number of hydrogen-bond acceptors (Lipinski definition) is 3. The van der Waals surface area contributed by atoms with Crippen molar-refractivity contribution in [3.05, 3.63) is 51.8 Å². The molecule has 0 saturated carbocycles. The number of thiophene rings is 1. The van der Waals surface area contributed by atoms with Crippen LogP contribution in [0.1, 0.15) is 11.8 Å². The predicted octanol–water partition coefficient (Wildman–Crippen LogP) is 3.44. The minimum atomic E-state index is -0.172. The Morgan fingerprint density at radius 2 is 1.78 bits per heavy atom. The minimum absolute atomic E-state index is 0.103. The smallest absolute Gasteiger partial charge is 0.244 e. The van der Waals surface area contributed by atoms with Crippen molar-refractivity contribution < 1.29 is 9.59 Å². The van der Waals surface area contributed by atoms with E-state index in [4.69, 9.17) is 0 Å².